The van der Waals surface area contributed by atoms with Crippen molar-refractivity contribution in [2.75, 3.05) is 6.54 Å². The summed E-state index contributed by atoms with van der Waals surface area (Å²) in [7, 11) is -3.59. The van der Waals surface area contributed by atoms with E-state index >= 15 is 0 Å². The second-order valence-electron chi connectivity index (χ2n) is 4.18. The van der Waals surface area contributed by atoms with Gasteiger partial charge in [-0.1, -0.05) is 19.1 Å². The molecule has 0 radical (unpaired) electrons. The summed E-state index contributed by atoms with van der Waals surface area (Å²) in [5.74, 6) is -1.42. The number of carboxylic acids is 1. The van der Waals surface area contributed by atoms with Gasteiger partial charge in [-0.2, -0.15) is 0 Å². The van der Waals surface area contributed by atoms with Gasteiger partial charge >= 0.3 is 5.97 Å². The molecule has 0 spiro atoms. The third-order valence-electron chi connectivity index (χ3n) is 2.54. The van der Waals surface area contributed by atoms with E-state index in [1.165, 1.54) is 18.2 Å². The molecule has 0 heterocycles. The molecule has 3 N–H and O–H groups in total. The van der Waals surface area contributed by atoms with Crippen LogP contribution >= 0.6 is 0 Å². The number of aliphatic hydroxyl groups excluding tert-OH is 1. The summed E-state index contributed by atoms with van der Waals surface area (Å²) >= 11 is 0. The standard InChI is InChI=1S/C12H17NO5S/c1-2-11(14)7-13-19(17,18)8-9-4-3-5-10(6-9)12(15)16/h3-6,11,13-14H,2,7-8H2,1H3,(H,15,16). The predicted octanol–water partition coefficient (Wildman–Crippen LogP) is 0.575. The Hall–Kier alpha value is -1.44. The molecule has 0 fully saturated rings. The Balaban J connectivity index is 2.72. The van der Waals surface area contributed by atoms with Crippen molar-refractivity contribution in [3.63, 3.8) is 0 Å². The quantitative estimate of drug-likeness (QED) is 0.680. The Bertz CT molecular complexity index is 541. The van der Waals surface area contributed by atoms with Crippen LogP contribution in [0.2, 0.25) is 0 Å². The van der Waals surface area contributed by atoms with Crippen LogP contribution in [0, 0.1) is 0 Å². The molecule has 19 heavy (non-hydrogen) atoms. The minimum atomic E-state index is -3.59. The molecular formula is C12H17NO5S. The first-order valence-corrected chi connectivity index (χ1v) is 7.47. The number of benzene rings is 1. The van der Waals surface area contributed by atoms with Crippen LogP contribution in [0.25, 0.3) is 0 Å². The van der Waals surface area contributed by atoms with E-state index in [2.05, 4.69) is 4.72 Å². The first kappa shape index (κ1) is 15.6. The summed E-state index contributed by atoms with van der Waals surface area (Å²) in [6, 6.07) is 5.75. The Morgan fingerprint density at radius 3 is 2.68 bits per heavy atom. The average Bonchev–Trinajstić information content (AvgIpc) is 2.35. The van der Waals surface area contributed by atoms with E-state index in [9.17, 15) is 18.3 Å². The van der Waals surface area contributed by atoms with Gasteiger partial charge in [-0.3, -0.25) is 0 Å². The molecule has 1 rings (SSSR count). The third kappa shape index (κ3) is 5.37. The van der Waals surface area contributed by atoms with Crippen molar-refractivity contribution in [3.8, 4) is 0 Å². The number of carboxylic acid groups (broad SMARTS) is 1. The molecule has 6 nitrogen and oxygen atoms in total. The van der Waals surface area contributed by atoms with Gasteiger partial charge in [0.25, 0.3) is 0 Å². The maximum atomic E-state index is 11.7. The van der Waals surface area contributed by atoms with Gasteiger partial charge < -0.3 is 10.2 Å². The molecule has 0 aliphatic carbocycles. The minimum Gasteiger partial charge on any atom is -0.478 e. The average molecular weight is 287 g/mol. The number of hydrogen-bond donors (Lipinski definition) is 3. The predicted molar refractivity (Wildman–Crippen MR) is 70.3 cm³/mol. The van der Waals surface area contributed by atoms with E-state index < -0.39 is 22.1 Å². The summed E-state index contributed by atoms with van der Waals surface area (Å²) in [5.41, 5.74) is 0.430. The van der Waals surface area contributed by atoms with E-state index in [1.54, 1.807) is 13.0 Å². The van der Waals surface area contributed by atoms with Crippen LogP contribution in [0.15, 0.2) is 24.3 Å². The fourth-order valence-corrected chi connectivity index (χ4v) is 2.60. The summed E-state index contributed by atoms with van der Waals surface area (Å²) in [6.07, 6.45) is -0.267. The largest absolute Gasteiger partial charge is 0.478 e. The van der Waals surface area contributed by atoms with Crippen molar-refractivity contribution >= 4 is 16.0 Å². The fraction of sp³-hybridized carbons (Fsp3) is 0.417. The van der Waals surface area contributed by atoms with Crippen LogP contribution in [0.5, 0.6) is 0 Å². The second kappa shape index (κ2) is 6.65. The lowest BCUT2D eigenvalue weighted by atomic mass is 10.1. The maximum absolute atomic E-state index is 11.7. The molecule has 1 atom stereocenters. The number of aliphatic hydroxyl groups is 1. The van der Waals surface area contributed by atoms with Crippen molar-refractivity contribution in [1.82, 2.24) is 4.72 Å². The molecule has 106 valence electrons. The Morgan fingerprint density at radius 2 is 2.11 bits per heavy atom. The highest BCUT2D eigenvalue weighted by molar-refractivity contribution is 7.88. The summed E-state index contributed by atoms with van der Waals surface area (Å²) in [6.45, 7) is 1.70. The van der Waals surface area contributed by atoms with Gasteiger partial charge in [0.1, 0.15) is 0 Å². The highest BCUT2D eigenvalue weighted by Gasteiger charge is 2.14. The summed E-state index contributed by atoms with van der Waals surface area (Å²) in [5, 5.41) is 18.1. The van der Waals surface area contributed by atoms with Gasteiger partial charge in [-0.05, 0) is 24.1 Å². The van der Waals surface area contributed by atoms with Crippen LogP contribution in [0.3, 0.4) is 0 Å². The Kier molecular flexibility index (Phi) is 5.46. The SMILES string of the molecule is CCC(O)CNS(=O)(=O)Cc1cccc(C(=O)O)c1. The highest BCUT2D eigenvalue weighted by atomic mass is 32.2. The van der Waals surface area contributed by atoms with Crippen LogP contribution < -0.4 is 4.72 Å². The Morgan fingerprint density at radius 1 is 1.42 bits per heavy atom. The molecule has 0 aliphatic heterocycles. The van der Waals surface area contributed by atoms with Gasteiger partial charge in [-0.15, -0.1) is 0 Å². The molecule has 0 bridgehead atoms. The monoisotopic (exact) mass is 287 g/mol. The minimum absolute atomic E-state index is 0.0429. The van der Waals surface area contributed by atoms with Gasteiger partial charge in [0.05, 0.1) is 17.4 Å². The number of aromatic carboxylic acids is 1. The van der Waals surface area contributed by atoms with Crippen LogP contribution in [0.4, 0.5) is 0 Å². The number of carbonyl (C=O) groups is 1. The molecular weight excluding hydrogens is 270 g/mol. The lowest BCUT2D eigenvalue weighted by Crippen LogP contribution is -2.32. The lowest BCUT2D eigenvalue weighted by Gasteiger charge is -2.10. The summed E-state index contributed by atoms with van der Waals surface area (Å²) in [4.78, 5) is 10.8. The van der Waals surface area contributed by atoms with E-state index in [4.69, 9.17) is 5.11 Å². The van der Waals surface area contributed by atoms with E-state index in [0.717, 1.165) is 0 Å². The van der Waals surface area contributed by atoms with E-state index in [0.29, 0.717) is 12.0 Å². The van der Waals surface area contributed by atoms with Gasteiger partial charge in [0, 0.05) is 6.54 Å². The lowest BCUT2D eigenvalue weighted by molar-refractivity contribution is 0.0696. The zero-order chi connectivity index (χ0) is 14.5. The highest BCUT2D eigenvalue weighted by Crippen LogP contribution is 2.09. The van der Waals surface area contributed by atoms with Crippen LogP contribution in [-0.2, 0) is 15.8 Å². The van der Waals surface area contributed by atoms with Gasteiger partial charge in [-0.25, -0.2) is 17.9 Å². The molecule has 1 unspecified atom stereocenters. The molecule has 0 saturated carbocycles. The van der Waals surface area contributed by atoms with E-state index in [1.807, 2.05) is 0 Å². The topological polar surface area (TPSA) is 104 Å². The third-order valence-corrected chi connectivity index (χ3v) is 3.86. The van der Waals surface area contributed by atoms with Crippen molar-refractivity contribution in [3.05, 3.63) is 35.4 Å². The molecule has 0 saturated heterocycles. The van der Waals surface area contributed by atoms with Crippen molar-refractivity contribution < 1.29 is 23.4 Å². The first-order chi connectivity index (χ1) is 8.84. The number of hydrogen-bond acceptors (Lipinski definition) is 4. The van der Waals surface area contributed by atoms with E-state index in [-0.39, 0.29) is 17.9 Å². The number of rotatable bonds is 7. The van der Waals surface area contributed by atoms with Crippen LogP contribution in [0.1, 0.15) is 29.3 Å². The maximum Gasteiger partial charge on any atom is 0.335 e. The zero-order valence-corrected chi connectivity index (χ0v) is 11.4. The number of sulfonamides is 1. The van der Waals surface area contributed by atoms with Gasteiger partial charge in [0.2, 0.25) is 10.0 Å². The molecule has 0 aliphatic rings. The van der Waals surface area contributed by atoms with Crippen molar-refractivity contribution in [2.45, 2.75) is 25.2 Å². The summed E-state index contributed by atoms with van der Waals surface area (Å²) < 4.78 is 25.7. The Labute approximate surface area is 112 Å². The van der Waals surface area contributed by atoms with Crippen molar-refractivity contribution in [2.24, 2.45) is 0 Å². The van der Waals surface area contributed by atoms with Crippen molar-refractivity contribution in [1.29, 1.82) is 0 Å². The molecule has 1 aromatic rings. The zero-order valence-electron chi connectivity index (χ0n) is 10.5. The number of nitrogens with one attached hydrogen (secondary N) is 1. The second-order valence-corrected chi connectivity index (χ2v) is 5.98. The van der Waals surface area contributed by atoms with Crippen LogP contribution in [-0.4, -0.2) is 37.2 Å². The molecule has 0 amide bonds. The van der Waals surface area contributed by atoms with Gasteiger partial charge in [0.15, 0.2) is 0 Å². The molecule has 0 aromatic heterocycles. The smallest absolute Gasteiger partial charge is 0.335 e. The molecule has 7 heteroatoms. The molecule has 1 aromatic carbocycles. The normalized spacial score (nSPS) is 13.2. The first-order valence-electron chi connectivity index (χ1n) is 5.81. The fourth-order valence-electron chi connectivity index (χ4n) is 1.43.